The summed E-state index contributed by atoms with van der Waals surface area (Å²) in [7, 11) is 0. The van der Waals surface area contributed by atoms with Crippen LogP contribution in [0, 0.1) is 0 Å². The molecule has 14 heavy (non-hydrogen) atoms. The highest BCUT2D eigenvalue weighted by molar-refractivity contribution is 8.00. The van der Waals surface area contributed by atoms with Gasteiger partial charge in [-0.1, -0.05) is 0 Å². The van der Waals surface area contributed by atoms with Gasteiger partial charge >= 0.3 is 0 Å². The van der Waals surface area contributed by atoms with E-state index in [-0.39, 0.29) is 5.91 Å². The van der Waals surface area contributed by atoms with Gasteiger partial charge in [-0.15, -0.1) is 0 Å². The first-order valence-electron chi connectivity index (χ1n) is 5.42. The predicted octanol–water partition coefficient (Wildman–Crippen LogP) is 0.998. The minimum Gasteiger partial charge on any atom is -0.356 e. The molecule has 1 amide bonds. The van der Waals surface area contributed by atoms with Crippen molar-refractivity contribution >= 4 is 17.7 Å². The fourth-order valence-corrected chi connectivity index (χ4v) is 2.79. The van der Waals surface area contributed by atoms with Gasteiger partial charge in [0.05, 0.1) is 0 Å². The van der Waals surface area contributed by atoms with Crippen molar-refractivity contribution < 1.29 is 4.79 Å². The molecule has 1 aliphatic rings. The van der Waals surface area contributed by atoms with Gasteiger partial charge in [-0.2, -0.15) is 11.8 Å². The topological polar surface area (TPSA) is 41.1 Å². The van der Waals surface area contributed by atoms with Crippen molar-refractivity contribution in [1.29, 1.82) is 0 Å². The van der Waals surface area contributed by atoms with Gasteiger partial charge in [0.15, 0.2) is 0 Å². The Kier molecular flexibility index (Phi) is 6.03. The van der Waals surface area contributed by atoms with E-state index in [1.165, 1.54) is 18.6 Å². The van der Waals surface area contributed by atoms with Crippen molar-refractivity contribution in [2.24, 2.45) is 0 Å². The molecule has 4 heteroatoms. The summed E-state index contributed by atoms with van der Waals surface area (Å²) in [5.41, 5.74) is 0. The van der Waals surface area contributed by atoms with E-state index in [1.807, 2.05) is 18.7 Å². The molecule has 1 fully saturated rings. The van der Waals surface area contributed by atoms with Crippen LogP contribution in [-0.4, -0.2) is 36.5 Å². The lowest BCUT2D eigenvalue weighted by Gasteiger charge is -2.09. The Hall–Kier alpha value is -0.220. The normalized spacial score (nSPS) is 21.1. The number of rotatable bonds is 6. The van der Waals surface area contributed by atoms with Gasteiger partial charge in [0.25, 0.3) is 0 Å². The van der Waals surface area contributed by atoms with Gasteiger partial charge in [0, 0.05) is 31.3 Å². The van der Waals surface area contributed by atoms with Gasteiger partial charge in [-0.3, -0.25) is 4.79 Å². The van der Waals surface area contributed by atoms with Crippen LogP contribution in [0.3, 0.4) is 0 Å². The third kappa shape index (κ3) is 4.86. The van der Waals surface area contributed by atoms with Crippen LogP contribution in [0.15, 0.2) is 0 Å². The van der Waals surface area contributed by atoms with Crippen LogP contribution in [-0.2, 0) is 4.79 Å². The quantitative estimate of drug-likeness (QED) is 0.651. The molecule has 0 aromatic rings. The summed E-state index contributed by atoms with van der Waals surface area (Å²) in [6.07, 6.45) is 3.29. The molecule has 1 heterocycles. The first-order valence-corrected chi connectivity index (χ1v) is 6.47. The van der Waals surface area contributed by atoms with Crippen molar-refractivity contribution in [2.45, 2.75) is 31.4 Å². The number of hydrogen-bond donors (Lipinski definition) is 2. The number of amides is 1. The first kappa shape index (κ1) is 11.9. The van der Waals surface area contributed by atoms with Crippen LogP contribution >= 0.6 is 11.8 Å². The summed E-state index contributed by atoms with van der Waals surface area (Å²) in [5, 5.41) is 6.91. The van der Waals surface area contributed by atoms with E-state index < -0.39 is 0 Å². The minimum absolute atomic E-state index is 0.152. The molecule has 1 atom stereocenters. The summed E-state index contributed by atoms with van der Waals surface area (Å²) in [5.74, 6) is 1.46. The van der Waals surface area contributed by atoms with Gasteiger partial charge in [0.1, 0.15) is 0 Å². The summed E-state index contributed by atoms with van der Waals surface area (Å²) in [4.78, 5) is 11.1. The molecule has 0 aliphatic carbocycles. The van der Waals surface area contributed by atoms with Crippen molar-refractivity contribution in [1.82, 2.24) is 10.6 Å². The molecule has 0 aromatic heterocycles. The molecule has 0 spiro atoms. The third-order valence-electron chi connectivity index (χ3n) is 2.30. The molecule has 82 valence electrons. The van der Waals surface area contributed by atoms with Crippen molar-refractivity contribution in [2.75, 3.05) is 25.4 Å². The lowest BCUT2D eigenvalue weighted by Crippen LogP contribution is -2.30. The van der Waals surface area contributed by atoms with Crippen LogP contribution in [0.4, 0.5) is 0 Å². The molecule has 1 unspecified atom stereocenters. The van der Waals surface area contributed by atoms with Crippen LogP contribution < -0.4 is 10.6 Å². The molecule has 0 radical (unpaired) electrons. The highest BCUT2D eigenvalue weighted by atomic mass is 32.2. The van der Waals surface area contributed by atoms with E-state index in [1.54, 1.807) is 0 Å². The van der Waals surface area contributed by atoms with Gasteiger partial charge in [0.2, 0.25) is 5.91 Å². The van der Waals surface area contributed by atoms with Crippen molar-refractivity contribution in [3.05, 3.63) is 0 Å². The Bertz CT molecular complexity index is 170. The Morgan fingerprint density at radius 2 is 2.43 bits per heavy atom. The molecule has 1 aliphatic heterocycles. The molecule has 3 nitrogen and oxygen atoms in total. The Morgan fingerprint density at radius 1 is 1.57 bits per heavy atom. The molecule has 0 bridgehead atoms. The van der Waals surface area contributed by atoms with E-state index >= 15 is 0 Å². The molecule has 1 rings (SSSR count). The number of carbonyl (C=O) groups excluding carboxylic acids is 1. The summed E-state index contributed by atoms with van der Waals surface area (Å²) in [6, 6.07) is 0. The lowest BCUT2D eigenvalue weighted by molar-refractivity contribution is -0.120. The monoisotopic (exact) mass is 216 g/mol. The highest BCUT2D eigenvalue weighted by Gasteiger charge is 2.14. The zero-order valence-electron chi connectivity index (χ0n) is 8.84. The summed E-state index contributed by atoms with van der Waals surface area (Å²) in [6.45, 7) is 4.55. The second kappa shape index (κ2) is 7.12. The molecule has 0 saturated carbocycles. The predicted molar refractivity (Wildman–Crippen MR) is 61.7 cm³/mol. The van der Waals surface area contributed by atoms with Crippen molar-refractivity contribution in [3.63, 3.8) is 0 Å². The van der Waals surface area contributed by atoms with E-state index in [0.29, 0.717) is 6.42 Å². The number of nitrogens with one attached hydrogen (secondary N) is 2. The highest BCUT2D eigenvalue weighted by Crippen LogP contribution is 2.24. The average molecular weight is 216 g/mol. The maximum atomic E-state index is 11.1. The molecular formula is C10H20N2OS. The first-order chi connectivity index (χ1) is 6.83. The van der Waals surface area contributed by atoms with E-state index in [0.717, 1.165) is 24.9 Å². The fourth-order valence-electron chi connectivity index (χ4n) is 1.56. The Labute approximate surface area is 90.4 Å². The second-order valence-corrected chi connectivity index (χ2v) is 4.95. The van der Waals surface area contributed by atoms with Gasteiger partial charge < -0.3 is 10.6 Å². The molecule has 0 aromatic carbocycles. The number of carbonyl (C=O) groups is 1. The lowest BCUT2D eigenvalue weighted by atomic mass is 10.2. The minimum atomic E-state index is 0.152. The number of hydrogen-bond acceptors (Lipinski definition) is 3. The van der Waals surface area contributed by atoms with Crippen LogP contribution in [0.2, 0.25) is 0 Å². The second-order valence-electron chi connectivity index (χ2n) is 3.54. The fraction of sp³-hybridized carbons (Fsp3) is 0.900. The summed E-state index contributed by atoms with van der Waals surface area (Å²) < 4.78 is 0. The zero-order chi connectivity index (χ0) is 10.2. The van der Waals surface area contributed by atoms with Crippen molar-refractivity contribution in [3.8, 4) is 0 Å². The maximum absolute atomic E-state index is 11.1. The van der Waals surface area contributed by atoms with E-state index in [9.17, 15) is 4.79 Å². The van der Waals surface area contributed by atoms with E-state index in [4.69, 9.17) is 0 Å². The van der Waals surface area contributed by atoms with Crippen LogP contribution in [0.25, 0.3) is 0 Å². The maximum Gasteiger partial charge on any atom is 0.221 e. The van der Waals surface area contributed by atoms with E-state index in [2.05, 4.69) is 10.6 Å². The molecule has 1 saturated heterocycles. The Balaban J connectivity index is 1.90. The SMILES string of the molecule is CCNC(=O)CCNCC1CCCS1. The average Bonchev–Trinajstić information content (AvgIpc) is 2.65. The number of thioether (sulfide) groups is 1. The van der Waals surface area contributed by atoms with Crippen LogP contribution in [0.5, 0.6) is 0 Å². The summed E-state index contributed by atoms with van der Waals surface area (Å²) >= 11 is 2.05. The van der Waals surface area contributed by atoms with Gasteiger partial charge in [-0.25, -0.2) is 0 Å². The zero-order valence-corrected chi connectivity index (χ0v) is 9.66. The molecular weight excluding hydrogens is 196 g/mol. The smallest absolute Gasteiger partial charge is 0.221 e. The standard InChI is InChI=1S/C10H20N2OS/c1-2-12-10(13)5-6-11-8-9-4-3-7-14-9/h9,11H,2-8H2,1H3,(H,12,13). The third-order valence-corrected chi connectivity index (χ3v) is 3.70. The Morgan fingerprint density at radius 3 is 3.07 bits per heavy atom. The van der Waals surface area contributed by atoms with Gasteiger partial charge in [-0.05, 0) is 25.5 Å². The largest absolute Gasteiger partial charge is 0.356 e. The van der Waals surface area contributed by atoms with Crippen LogP contribution in [0.1, 0.15) is 26.2 Å². The molecule has 2 N–H and O–H groups in total.